The molecule has 0 unspecified atom stereocenters. The number of carboxylic acid groups (broad SMARTS) is 2. The fourth-order valence-electron chi connectivity index (χ4n) is 3.03. The number of carboxylic acids is 2. The summed E-state index contributed by atoms with van der Waals surface area (Å²) < 4.78 is 12.0. The van der Waals surface area contributed by atoms with Gasteiger partial charge in [0, 0.05) is 0 Å². The molecule has 1 aliphatic rings. The normalized spacial score (nSPS) is 19.5. The Kier molecular flexibility index (Phi) is 5.41. The SMILES string of the molecule is O=C(O)c1ccc(O[C@H]2CCCC[C@@H]2Oc2ccc(C(=O)O)cc2)cc1. The Morgan fingerprint density at radius 1 is 0.692 bits per heavy atom. The van der Waals surface area contributed by atoms with Crippen molar-refractivity contribution < 1.29 is 29.3 Å². The second kappa shape index (κ2) is 7.91. The van der Waals surface area contributed by atoms with Crippen molar-refractivity contribution in [1.29, 1.82) is 0 Å². The van der Waals surface area contributed by atoms with Crippen LogP contribution in [0.3, 0.4) is 0 Å². The lowest BCUT2D eigenvalue weighted by atomic mass is 9.94. The van der Waals surface area contributed by atoms with Crippen molar-refractivity contribution in [2.75, 3.05) is 0 Å². The first-order valence-corrected chi connectivity index (χ1v) is 8.53. The summed E-state index contributed by atoms with van der Waals surface area (Å²) in [6, 6.07) is 12.7. The minimum absolute atomic E-state index is 0.140. The lowest BCUT2D eigenvalue weighted by Gasteiger charge is -2.32. The van der Waals surface area contributed by atoms with Crippen molar-refractivity contribution in [3.63, 3.8) is 0 Å². The van der Waals surface area contributed by atoms with Gasteiger partial charge in [-0.2, -0.15) is 0 Å². The molecule has 1 fully saturated rings. The maximum atomic E-state index is 10.9. The average Bonchev–Trinajstić information content (AvgIpc) is 2.64. The average molecular weight is 356 g/mol. The summed E-state index contributed by atoms with van der Waals surface area (Å²) in [4.78, 5) is 21.9. The second-order valence-corrected chi connectivity index (χ2v) is 6.26. The van der Waals surface area contributed by atoms with Crippen LogP contribution in [0, 0.1) is 0 Å². The smallest absolute Gasteiger partial charge is 0.335 e. The van der Waals surface area contributed by atoms with E-state index in [2.05, 4.69) is 0 Å². The molecule has 2 aromatic carbocycles. The molecule has 6 heteroatoms. The molecule has 136 valence electrons. The van der Waals surface area contributed by atoms with Crippen LogP contribution in [0.25, 0.3) is 0 Å². The summed E-state index contributed by atoms with van der Waals surface area (Å²) >= 11 is 0. The number of hydrogen-bond donors (Lipinski definition) is 2. The van der Waals surface area contributed by atoms with Crippen molar-refractivity contribution >= 4 is 11.9 Å². The van der Waals surface area contributed by atoms with E-state index in [1.54, 1.807) is 24.3 Å². The van der Waals surface area contributed by atoms with Crippen LogP contribution in [-0.4, -0.2) is 34.4 Å². The predicted octanol–water partition coefficient (Wildman–Crippen LogP) is 3.85. The number of rotatable bonds is 6. The van der Waals surface area contributed by atoms with Crippen LogP contribution in [0.15, 0.2) is 48.5 Å². The maximum Gasteiger partial charge on any atom is 0.335 e. The quantitative estimate of drug-likeness (QED) is 0.816. The summed E-state index contributed by atoms with van der Waals surface area (Å²) in [5.74, 6) is -0.728. The Hall–Kier alpha value is -3.02. The predicted molar refractivity (Wildman–Crippen MR) is 94.1 cm³/mol. The van der Waals surface area contributed by atoms with E-state index in [9.17, 15) is 9.59 Å². The van der Waals surface area contributed by atoms with Gasteiger partial charge in [-0.15, -0.1) is 0 Å². The standard InChI is InChI=1S/C20H20O6/c21-19(22)13-5-9-15(10-6-13)25-17-3-1-2-4-18(17)26-16-11-7-14(8-12-16)20(23)24/h5-12,17-18H,1-4H2,(H,21,22)(H,23,24)/t17-,18-/m0/s1. The lowest BCUT2D eigenvalue weighted by Crippen LogP contribution is -2.39. The van der Waals surface area contributed by atoms with Gasteiger partial charge in [0.15, 0.2) is 0 Å². The van der Waals surface area contributed by atoms with Gasteiger partial charge in [0.1, 0.15) is 23.7 Å². The molecule has 0 aliphatic heterocycles. The molecule has 0 radical (unpaired) electrons. The van der Waals surface area contributed by atoms with Crippen molar-refractivity contribution in [3.05, 3.63) is 59.7 Å². The van der Waals surface area contributed by atoms with Gasteiger partial charge in [-0.1, -0.05) is 0 Å². The molecule has 6 nitrogen and oxygen atoms in total. The Balaban J connectivity index is 1.67. The van der Waals surface area contributed by atoms with E-state index in [1.165, 1.54) is 24.3 Å². The first-order valence-electron chi connectivity index (χ1n) is 8.53. The van der Waals surface area contributed by atoms with Crippen LogP contribution in [0.2, 0.25) is 0 Å². The lowest BCUT2D eigenvalue weighted by molar-refractivity contribution is 0.0231. The summed E-state index contributed by atoms with van der Waals surface area (Å²) in [5, 5.41) is 17.9. The highest BCUT2D eigenvalue weighted by Gasteiger charge is 2.28. The summed E-state index contributed by atoms with van der Waals surface area (Å²) in [6.45, 7) is 0. The molecule has 1 saturated carbocycles. The molecule has 0 amide bonds. The first-order chi connectivity index (χ1) is 12.5. The molecular weight excluding hydrogens is 336 g/mol. The van der Waals surface area contributed by atoms with Gasteiger partial charge in [0.2, 0.25) is 0 Å². The molecule has 26 heavy (non-hydrogen) atoms. The second-order valence-electron chi connectivity index (χ2n) is 6.26. The van der Waals surface area contributed by atoms with Crippen LogP contribution in [0.5, 0.6) is 11.5 Å². The van der Waals surface area contributed by atoms with E-state index in [0.29, 0.717) is 11.5 Å². The Labute approximate surface area is 151 Å². The molecular formula is C20H20O6. The molecule has 0 spiro atoms. The summed E-state index contributed by atoms with van der Waals surface area (Å²) in [7, 11) is 0. The minimum atomic E-state index is -0.972. The fourth-order valence-corrected chi connectivity index (χ4v) is 3.03. The van der Waals surface area contributed by atoms with E-state index < -0.39 is 11.9 Å². The molecule has 3 rings (SSSR count). The zero-order chi connectivity index (χ0) is 18.5. The molecule has 0 bridgehead atoms. The highest BCUT2D eigenvalue weighted by molar-refractivity contribution is 5.88. The van der Waals surface area contributed by atoms with Crippen LogP contribution < -0.4 is 9.47 Å². The maximum absolute atomic E-state index is 10.9. The van der Waals surface area contributed by atoms with E-state index >= 15 is 0 Å². The third-order valence-corrected chi connectivity index (χ3v) is 4.42. The summed E-state index contributed by atoms with van der Waals surface area (Å²) in [5.41, 5.74) is 0.430. The van der Waals surface area contributed by atoms with E-state index in [1.807, 2.05) is 0 Å². The Morgan fingerprint density at radius 2 is 1.04 bits per heavy atom. The topological polar surface area (TPSA) is 93.1 Å². The van der Waals surface area contributed by atoms with Gasteiger partial charge in [-0.25, -0.2) is 9.59 Å². The number of carbonyl (C=O) groups is 2. The summed E-state index contributed by atoms with van der Waals surface area (Å²) in [6.07, 6.45) is 3.49. The third kappa shape index (κ3) is 4.33. The molecule has 0 saturated heterocycles. The van der Waals surface area contributed by atoms with Gasteiger partial charge < -0.3 is 19.7 Å². The van der Waals surface area contributed by atoms with Gasteiger partial charge in [-0.3, -0.25) is 0 Å². The van der Waals surface area contributed by atoms with Crippen molar-refractivity contribution in [1.82, 2.24) is 0 Å². The molecule has 2 N–H and O–H groups in total. The zero-order valence-electron chi connectivity index (χ0n) is 14.1. The first kappa shape index (κ1) is 17.8. The van der Waals surface area contributed by atoms with Crippen LogP contribution in [0.4, 0.5) is 0 Å². The van der Waals surface area contributed by atoms with E-state index in [4.69, 9.17) is 19.7 Å². The zero-order valence-corrected chi connectivity index (χ0v) is 14.1. The van der Waals surface area contributed by atoms with Crippen LogP contribution >= 0.6 is 0 Å². The fraction of sp³-hybridized carbons (Fsp3) is 0.300. The Morgan fingerprint density at radius 3 is 1.35 bits per heavy atom. The van der Waals surface area contributed by atoms with Gasteiger partial charge >= 0.3 is 11.9 Å². The minimum Gasteiger partial charge on any atom is -0.487 e. The van der Waals surface area contributed by atoms with Gasteiger partial charge in [0.05, 0.1) is 11.1 Å². The van der Waals surface area contributed by atoms with Crippen molar-refractivity contribution in [2.45, 2.75) is 37.9 Å². The number of benzene rings is 2. The van der Waals surface area contributed by atoms with Crippen molar-refractivity contribution in [3.8, 4) is 11.5 Å². The van der Waals surface area contributed by atoms with Gasteiger partial charge in [0.25, 0.3) is 0 Å². The van der Waals surface area contributed by atoms with Crippen LogP contribution in [-0.2, 0) is 0 Å². The highest BCUT2D eigenvalue weighted by atomic mass is 16.5. The number of hydrogen-bond acceptors (Lipinski definition) is 4. The molecule has 2 atom stereocenters. The molecule has 1 aliphatic carbocycles. The van der Waals surface area contributed by atoms with E-state index in [0.717, 1.165) is 25.7 Å². The van der Waals surface area contributed by atoms with E-state index in [-0.39, 0.29) is 23.3 Å². The number of aromatic carboxylic acids is 2. The number of ether oxygens (including phenoxy) is 2. The van der Waals surface area contributed by atoms with Gasteiger partial charge in [-0.05, 0) is 74.2 Å². The molecule has 2 aromatic rings. The molecule has 0 aromatic heterocycles. The highest BCUT2D eigenvalue weighted by Crippen LogP contribution is 2.28. The molecule has 0 heterocycles. The monoisotopic (exact) mass is 356 g/mol. The van der Waals surface area contributed by atoms with Crippen molar-refractivity contribution in [2.24, 2.45) is 0 Å². The Bertz CT molecular complexity index is 698. The largest absolute Gasteiger partial charge is 0.487 e. The third-order valence-electron chi connectivity index (χ3n) is 4.42. The van der Waals surface area contributed by atoms with Crippen LogP contribution in [0.1, 0.15) is 46.4 Å².